The molecule has 7 heteroatoms. The maximum absolute atomic E-state index is 12.3. The van der Waals surface area contributed by atoms with Gasteiger partial charge in [0.15, 0.2) is 11.7 Å². The van der Waals surface area contributed by atoms with Crippen molar-refractivity contribution >= 4 is 23.3 Å². The Morgan fingerprint density at radius 2 is 2.08 bits per heavy atom. The highest BCUT2D eigenvalue weighted by molar-refractivity contribution is 7.80. The number of nitriles is 1. The number of methoxy groups -OCH3 is 1. The van der Waals surface area contributed by atoms with Gasteiger partial charge in [-0.3, -0.25) is 0 Å². The SMILES string of the molecule is CCCC1=C(C(=O)OC)[C@@H](c2ccc(OCC#N)cc2)NC(=S)N1. The number of nitrogens with zero attached hydrogens (tertiary/aromatic N) is 1. The number of ether oxygens (including phenoxy) is 2. The van der Waals surface area contributed by atoms with Crippen molar-refractivity contribution in [3.05, 3.63) is 41.1 Å². The third-order valence-corrected chi connectivity index (χ3v) is 3.80. The molecule has 0 bridgehead atoms. The molecule has 1 atom stereocenters. The second-order valence-electron chi connectivity index (χ2n) is 5.18. The van der Waals surface area contributed by atoms with Crippen molar-refractivity contribution in [2.45, 2.75) is 25.8 Å². The number of thiocarbonyl (C=S) groups is 1. The Hall–Kier alpha value is -2.59. The molecule has 0 saturated carbocycles. The molecule has 0 amide bonds. The van der Waals surface area contributed by atoms with Gasteiger partial charge < -0.3 is 20.1 Å². The van der Waals surface area contributed by atoms with Crippen LogP contribution in [-0.2, 0) is 9.53 Å². The van der Waals surface area contributed by atoms with Gasteiger partial charge in [0, 0.05) is 5.70 Å². The van der Waals surface area contributed by atoms with Crippen molar-refractivity contribution in [2.75, 3.05) is 13.7 Å². The lowest BCUT2D eigenvalue weighted by atomic mass is 9.94. The lowest BCUT2D eigenvalue weighted by molar-refractivity contribution is -0.136. The second kappa shape index (κ2) is 8.31. The van der Waals surface area contributed by atoms with Crippen LogP contribution in [0.5, 0.6) is 5.75 Å². The van der Waals surface area contributed by atoms with Gasteiger partial charge in [0.2, 0.25) is 0 Å². The number of carbonyl (C=O) groups excluding carboxylic acids is 1. The molecule has 1 aromatic rings. The fourth-order valence-electron chi connectivity index (χ4n) is 2.54. The molecule has 0 aromatic heterocycles. The van der Waals surface area contributed by atoms with E-state index in [0.717, 1.165) is 17.7 Å². The summed E-state index contributed by atoms with van der Waals surface area (Å²) in [4.78, 5) is 12.3. The van der Waals surface area contributed by atoms with E-state index in [1.165, 1.54) is 7.11 Å². The molecule has 0 aliphatic carbocycles. The molecule has 1 aliphatic heterocycles. The number of hydrogen-bond donors (Lipinski definition) is 2. The van der Waals surface area contributed by atoms with Gasteiger partial charge in [-0.15, -0.1) is 0 Å². The number of benzene rings is 1. The summed E-state index contributed by atoms with van der Waals surface area (Å²) in [7, 11) is 1.36. The first-order valence-corrected chi connectivity index (χ1v) is 8.00. The molecule has 0 spiro atoms. The van der Waals surface area contributed by atoms with Crippen molar-refractivity contribution in [1.29, 1.82) is 5.26 Å². The third-order valence-electron chi connectivity index (χ3n) is 3.58. The van der Waals surface area contributed by atoms with E-state index in [4.69, 9.17) is 27.0 Å². The van der Waals surface area contributed by atoms with Crippen LogP contribution in [0.15, 0.2) is 35.5 Å². The van der Waals surface area contributed by atoms with Crippen LogP contribution in [0.3, 0.4) is 0 Å². The van der Waals surface area contributed by atoms with Gasteiger partial charge in [-0.25, -0.2) is 4.79 Å². The van der Waals surface area contributed by atoms with Crippen LogP contribution in [0.2, 0.25) is 0 Å². The zero-order valence-corrected chi connectivity index (χ0v) is 14.4. The molecule has 0 unspecified atom stereocenters. The average molecular weight is 345 g/mol. The van der Waals surface area contributed by atoms with Crippen molar-refractivity contribution in [3.8, 4) is 11.8 Å². The van der Waals surface area contributed by atoms with Crippen molar-refractivity contribution in [2.24, 2.45) is 0 Å². The predicted molar refractivity (Wildman–Crippen MR) is 93.1 cm³/mol. The molecule has 2 N–H and O–H groups in total. The summed E-state index contributed by atoms with van der Waals surface area (Å²) in [5.41, 5.74) is 2.17. The fraction of sp³-hybridized carbons (Fsp3) is 0.353. The minimum absolute atomic E-state index is 0.0109. The minimum atomic E-state index is -0.393. The van der Waals surface area contributed by atoms with Crippen LogP contribution in [0.4, 0.5) is 0 Å². The molecule has 1 aliphatic rings. The van der Waals surface area contributed by atoms with Crippen LogP contribution in [0, 0.1) is 11.3 Å². The molecule has 126 valence electrons. The molecule has 24 heavy (non-hydrogen) atoms. The first kappa shape index (κ1) is 17.8. The first-order valence-electron chi connectivity index (χ1n) is 7.59. The summed E-state index contributed by atoms with van der Waals surface area (Å²) in [6.45, 7) is 2.02. The van der Waals surface area contributed by atoms with Gasteiger partial charge >= 0.3 is 5.97 Å². The molecular weight excluding hydrogens is 326 g/mol. The quantitative estimate of drug-likeness (QED) is 0.605. The normalized spacial score (nSPS) is 16.7. The Morgan fingerprint density at radius 1 is 1.38 bits per heavy atom. The van der Waals surface area contributed by atoms with E-state index in [1.807, 2.05) is 25.1 Å². The molecule has 0 radical (unpaired) electrons. The van der Waals surface area contributed by atoms with E-state index in [0.29, 0.717) is 22.9 Å². The molecule has 1 aromatic carbocycles. The Labute approximate surface area is 146 Å². The smallest absolute Gasteiger partial charge is 0.337 e. The van der Waals surface area contributed by atoms with E-state index in [1.54, 1.807) is 12.1 Å². The van der Waals surface area contributed by atoms with Gasteiger partial charge in [-0.1, -0.05) is 25.5 Å². The highest BCUT2D eigenvalue weighted by Crippen LogP contribution is 2.30. The second-order valence-corrected chi connectivity index (χ2v) is 5.59. The maximum Gasteiger partial charge on any atom is 0.337 e. The van der Waals surface area contributed by atoms with Gasteiger partial charge in [0.05, 0.1) is 18.7 Å². The molecule has 2 rings (SSSR count). The Kier molecular flexibility index (Phi) is 6.15. The predicted octanol–water partition coefficient (Wildman–Crippen LogP) is 2.33. The number of nitrogens with one attached hydrogen (secondary N) is 2. The minimum Gasteiger partial charge on any atom is -0.479 e. The summed E-state index contributed by atoms with van der Waals surface area (Å²) in [6, 6.07) is 8.72. The van der Waals surface area contributed by atoms with Crippen molar-refractivity contribution in [3.63, 3.8) is 0 Å². The Balaban J connectivity index is 2.37. The number of rotatable bonds is 6. The van der Waals surface area contributed by atoms with Gasteiger partial charge in [-0.05, 0) is 36.3 Å². The topological polar surface area (TPSA) is 83.4 Å². The average Bonchev–Trinajstić information content (AvgIpc) is 2.59. The standard InChI is InChI=1S/C17H19N3O3S/c1-3-4-13-14(16(21)22-2)15(20-17(24)19-13)11-5-7-12(8-6-11)23-10-9-18/h5-8,15H,3-4,10H2,1-2H3,(H2,19,20,24)/t15-/m1/s1. The van der Waals surface area contributed by atoms with Gasteiger partial charge in [0.1, 0.15) is 11.8 Å². The van der Waals surface area contributed by atoms with Crippen LogP contribution in [0.25, 0.3) is 0 Å². The molecular formula is C17H19N3O3S. The highest BCUT2D eigenvalue weighted by Gasteiger charge is 2.31. The van der Waals surface area contributed by atoms with E-state index < -0.39 is 12.0 Å². The van der Waals surface area contributed by atoms with E-state index >= 15 is 0 Å². The van der Waals surface area contributed by atoms with E-state index in [9.17, 15) is 4.79 Å². The number of allylic oxidation sites excluding steroid dienone is 1. The van der Waals surface area contributed by atoms with Crippen LogP contribution in [-0.4, -0.2) is 24.8 Å². The monoisotopic (exact) mass is 345 g/mol. The number of hydrogen-bond acceptors (Lipinski definition) is 5. The summed E-state index contributed by atoms with van der Waals surface area (Å²) in [6.07, 6.45) is 1.57. The zero-order valence-electron chi connectivity index (χ0n) is 13.6. The van der Waals surface area contributed by atoms with Crippen LogP contribution >= 0.6 is 12.2 Å². The fourth-order valence-corrected chi connectivity index (χ4v) is 2.78. The van der Waals surface area contributed by atoms with E-state index in [-0.39, 0.29) is 6.61 Å². The molecule has 1 heterocycles. The molecule has 0 fully saturated rings. The first-order chi connectivity index (χ1) is 11.6. The molecule has 6 nitrogen and oxygen atoms in total. The van der Waals surface area contributed by atoms with Crippen molar-refractivity contribution in [1.82, 2.24) is 10.6 Å². The Bertz CT molecular complexity index is 692. The summed E-state index contributed by atoms with van der Waals surface area (Å²) in [5.74, 6) is 0.199. The summed E-state index contributed by atoms with van der Waals surface area (Å²) < 4.78 is 10.2. The van der Waals surface area contributed by atoms with Crippen molar-refractivity contribution < 1.29 is 14.3 Å². The van der Waals surface area contributed by atoms with Gasteiger partial charge in [0.25, 0.3) is 0 Å². The lowest BCUT2D eigenvalue weighted by Crippen LogP contribution is -2.45. The highest BCUT2D eigenvalue weighted by atomic mass is 32.1. The summed E-state index contributed by atoms with van der Waals surface area (Å²) in [5, 5.41) is 15.2. The molecule has 0 saturated heterocycles. The zero-order chi connectivity index (χ0) is 17.5. The number of esters is 1. The largest absolute Gasteiger partial charge is 0.479 e. The van der Waals surface area contributed by atoms with Gasteiger partial charge in [-0.2, -0.15) is 5.26 Å². The summed E-state index contributed by atoms with van der Waals surface area (Å²) >= 11 is 5.26. The van der Waals surface area contributed by atoms with Crippen LogP contribution < -0.4 is 15.4 Å². The lowest BCUT2D eigenvalue weighted by Gasteiger charge is -2.31. The van der Waals surface area contributed by atoms with Crippen LogP contribution in [0.1, 0.15) is 31.4 Å². The van der Waals surface area contributed by atoms with E-state index in [2.05, 4.69) is 10.6 Å². The third kappa shape index (κ3) is 4.03. The maximum atomic E-state index is 12.3. The number of carbonyl (C=O) groups is 1. The Morgan fingerprint density at radius 3 is 2.67 bits per heavy atom.